The minimum Gasteiger partial charge on any atom is -0.449 e. The van der Waals surface area contributed by atoms with Gasteiger partial charge in [-0.2, -0.15) is 0 Å². The molecule has 2 amide bonds. The Bertz CT molecular complexity index is 622. The summed E-state index contributed by atoms with van der Waals surface area (Å²) in [5, 5.41) is 2.02. The first-order valence-corrected chi connectivity index (χ1v) is 6.09. The van der Waals surface area contributed by atoms with Crippen molar-refractivity contribution in [1.82, 2.24) is 0 Å². The minimum absolute atomic E-state index is 0.232. The molecule has 0 spiro atoms. The Labute approximate surface area is 111 Å². The van der Waals surface area contributed by atoms with Crippen LogP contribution < -0.4 is 4.90 Å². The smallest absolute Gasteiger partial charge is 0.421 e. The third-order valence-corrected chi connectivity index (χ3v) is 2.76. The maximum absolute atomic E-state index is 11.8. The number of amides is 2. The molecule has 98 valence electrons. The van der Waals surface area contributed by atoms with Crippen LogP contribution in [-0.2, 0) is 9.53 Å². The third-order valence-electron chi connectivity index (χ3n) is 2.76. The molecule has 0 radical (unpaired) electrons. The number of anilines is 1. The molecule has 0 atom stereocenters. The predicted molar refractivity (Wildman–Crippen MR) is 74.1 cm³/mol. The average molecular weight is 257 g/mol. The first-order valence-electron chi connectivity index (χ1n) is 6.09. The van der Waals surface area contributed by atoms with Gasteiger partial charge in [-0.3, -0.25) is 4.79 Å². The van der Waals surface area contributed by atoms with Gasteiger partial charge in [0.2, 0.25) is 5.91 Å². The van der Waals surface area contributed by atoms with E-state index in [0.717, 1.165) is 15.7 Å². The number of rotatable bonds is 2. The monoisotopic (exact) mass is 257 g/mol. The van der Waals surface area contributed by atoms with Crippen LogP contribution in [0.4, 0.5) is 10.5 Å². The Morgan fingerprint density at radius 2 is 1.79 bits per heavy atom. The molecule has 0 aliphatic rings. The third kappa shape index (κ3) is 2.73. The summed E-state index contributed by atoms with van der Waals surface area (Å²) in [6.07, 6.45) is -0.648. The largest absolute Gasteiger partial charge is 0.449 e. The number of hydrogen-bond donors (Lipinski definition) is 0. The van der Waals surface area contributed by atoms with Gasteiger partial charge in [-0.25, -0.2) is 9.69 Å². The average Bonchev–Trinajstić information content (AvgIpc) is 2.38. The summed E-state index contributed by atoms with van der Waals surface area (Å²) in [5.41, 5.74) is 0.518. The maximum Gasteiger partial charge on any atom is 0.421 e. The quantitative estimate of drug-likeness (QED) is 0.828. The molecule has 0 N–H and O–H groups in total. The molecule has 0 unspecified atom stereocenters. The predicted octanol–water partition coefficient (Wildman–Crippen LogP) is 3.35. The van der Waals surface area contributed by atoms with Gasteiger partial charge in [0.15, 0.2) is 0 Å². The van der Waals surface area contributed by atoms with Gasteiger partial charge in [0, 0.05) is 6.92 Å². The lowest BCUT2D eigenvalue weighted by molar-refractivity contribution is -0.116. The van der Waals surface area contributed by atoms with Crippen molar-refractivity contribution in [2.75, 3.05) is 11.5 Å². The summed E-state index contributed by atoms with van der Waals surface area (Å²) >= 11 is 0. The highest BCUT2D eigenvalue weighted by Gasteiger charge is 2.21. The van der Waals surface area contributed by atoms with Crippen molar-refractivity contribution in [3.05, 3.63) is 42.5 Å². The standard InChI is InChI=1S/C15H15NO3/c1-3-19-15(18)16(11(2)17)14-9-8-12-6-4-5-7-13(12)10-14/h4-10H,3H2,1-2H3. The Kier molecular flexibility index (Phi) is 3.80. The minimum atomic E-state index is -0.648. The van der Waals surface area contributed by atoms with Gasteiger partial charge in [-0.05, 0) is 29.8 Å². The molecule has 4 nitrogen and oxygen atoms in total. The molecule has 2 aromatic rings. The van der Waals surface area contributed by atoms with Crippen molar-refractivity contribution in [1.29, 1.82) is 0 Å². The van der Waals surface area contributed by atoms with Gasteiger partial charge < -0.3 is 4.74 Å². The van der Waals surface area contributed by atoms with Gasteiger partial charge in [-0.1, -0.05) is 30.3 Å². The Hall–Kier alpha value is -2.36. The second-order valence-electron chi connectivity index (χ2n) is 4.08. The van der Waals surface area contributed by atoms with E-state index in [2.05, 4.69) is 0 Å². The zero-order chi connectivity index (χ0) is 13.8. The fourth-order valence-electron chi connectivity index (χ4n) is 1.92. The van der Waals surface area contributed by atoms with Gasteiger partial charge >= 0.3 is 6.09 Å². The van der Waals surface area contributed by atoms with Crippen LogP contribution in [0.15, 0.2) is 42.5 Å². The van der Waals surface area contributed by atoms with Crippen molar-refractivity contribution in [2.24, 2.45) is 0 Å². The lowest BCUT2D eigenvalue weighted by Crippen LogP contribution is -2.35. The number of carbonyl (C=O) groups excluding carboxylic acids is 2. The maximum atomic E-state index is 11.8. The van der Waals surface area contributed by atoms with Crippen molar-refractivity contribution in [3.8, 4) is 0 Å². The summed E-state index contributed by atoms with van der Waals surface area (Å²) < 4.78 is 4.90. The normalized spacial score (nSPS) is 10.2. The van der Waals surface area contributed by atoms with Crippen molar-refractivity contribution in [3.63, 3.8) is 0 Å². The molecule has 0 aliphatic heterocycles. The summed E-state index contributed by atoms with van der Waals surface area (Å²) in [4.78, 5) is 24.5. The van der Waals surface area contributed by atoms with E-state index >= 15 is 0 Å². The van der Waals surface area contributed by atoms with Gasteiger partial charge in [0.25, 0.3) is 0 Å². The van der Waals surface area contributed by atoms with Gasteiger partial charge in [0.05, 0.1) is 12.3 Å². The zero-order valence-corrected chi connectivity index (χ0v) is 10.9. The Balaban J connectivity index is 2.44. The van der Waals surface area contributed by atoms with Crippen LogP contribution in [0.2, 0.25) is 0 Å². The lowest BCUT2D eigenvalue weighted by Gasteiger charge is -2.18. The molecule has 2 aromatic carbocycles. The van der Waals surface area contributed by atoms with E-state index in [1.165, 1.54) is 6.92 Å². The molecule has 0 fully saturated rings. The molecular formula is C15H15NO3. The van der Waals surface area contributed by atoms with E-state index in [9.17, 15) is 9.59 Å². The van der Waals surface area contributed by atoms with E-state index in [0.29, 0.717) is 5.69 Å². The van der Waals surface area contributed by atoms with Crippen LogP contribution in [0.25, 0.3) is 10.8 Å². The topological polar surface area (TPSA) is 46.6 Å². The fraction of sp³-hybridized carbons (Fsp3) is 0.200. The zero-order valence-electron chi connectivity index (χ0n) is 10.9. The van der Waals surface area contributed by atoms with Gasteiger partial charge in [0.1, 0.15) is 0 Å². The van der Waals surface area contributed by atoms with E-state index in [1.54, 1.807) is 19.1 Å². The molecule has 0 aliphatic carbocycles. The van der Waals surface area contributed by atoms with Crippen LogP contribution in [0.3, 0.4) is 0 Å². The summed E-state index contributed by atoms with van der Waals surface area (Å²) in [7, 11) is 0. The second-order valence-corrected chi connectivity index (χ2v) is 4.08. The van der Waals surface area contributed by atoms with Crippen LogP contribution in [0.1, 0.15) is 13.8 Å². The Morgan fingerprint density at radius 1 is 1.11 bits per heavy atom. The van der Waals surface area contributed by atoms with E-state index in [-0.39, 0.29) is 12.5 Å². The molecule has 0 bridgehead atoms. The van der Waals surface area contributed by atoms with Crippen LogP contribution >= 0.6 is 0 Å². The van der Waals surface area contributed by atoms with Crippen molar-refractivity contribution < 1.29 is 14.3 Å². The van der Waals surface area contributed by atoms with Crippen LogP contribution in [0.5, 0.6) is 0 Å². The van der Waals surface area contributed by atoms with Crippen molar-refractivity contribution in [2.45, 2.75) is 13.8 Å². The number of carbonyl (C=O) groups is 2. The first kappa shape index (κ1) is 13.1. The molecule has 4 heteroatoms. The number of hydrogen-bond acceptors (Lipinski definition) is 3. The van der Waals surface area contributed by atoms with Crippen LogP contribution in [-0.4, -0.2) is 18.6 Å². The highest BCUT2D eigenvalue weighted by molar-refractivity contribution is 6.12. The second kappa shape index (κ2) is 5.52. The number of benzene rings is 2. The highest BCUT2D eigenvalue weighted by Crippen LogP contribution is 2.22. The molecule has 0 saturated heterocycles. The van der Waals surface area contributed by atoms with Gasteiger partial charge in [-0.15, -0.1) is 0 Å². The highest BCUT2D eigenvalue weighted by atomic mass is 16.6. The van der Waals surface area contributed by atoms with E-state index < -0.39 is 6.09 Å². The molecule has 0 heterocycles. The van der Waals surface area contributed by atoms with Crippen LogP contribution in [0, 0.1) is 0 Å². The number of nitrogens with zero attached hydrogens (tertiary/aromatic N) is 1. The SMILES string of the molecule is CCOC(=O)N(C(C)=O)c1ccc2ccccc2c1. The molecule has 0 saturated carbocycles. The molecule has 0 aromatic heterocycles. The summed E-state index contributed by atoms with van der Waals surface area (Å²) in [6, 6.07) is 13.2. The summed E-state index contributed by atoms with van der Waals surface area (Å²) in [5.74, 6) is -0.367. The molecular weight excluding hydrogens is 242 g/mol. The van der Waals surface area contributed by atoms with E-state index in [4.69, 9.17) is 4.74 Å². The number of ether oxygens (including phenoxy) is 1. The Morgan fingerprint density at radius 3 is 2.42 bits per heavy atom. The lowest BCUT2D eigenvalue weighted by atomic mass is 10.1. The molecule has 2 rings (SSSR count). The first-order chi connectivity index (χ1) is 9.13. The van der Waals surface area contributed by atoms with E-state index in [1.807, 2.05) is 30.3 Å². The van der Waals surface area contributed by atoms with Crippen molar-refractivity contribution >= 4 is 28.5 Å². The fourth-order valence-corrected chi connectivity index (χ4v) is 1.92. The summed E-state index contributed by atoms with van der Waals surface area (Å²) in [6.45, 7) is 3.28. The number of fused-ring (bicyclic) bond motifs is 1. The number of imide groups is 1. The molecule has 19 heavy (non-hydrogen) atoms.